The van der Waals surface area contributed by atoms with Gasteiger partial charge in [0.2, 0.25) is 5.91 Å². The molecular weight excluding hydrogens is 284 g/mol. The van der Waals surface area contributed by atoms with Crippen molar-refractivity contribution in [2.75, 3.05) is 6.54 Å². The summed E-state index contributed by atoms with van der Waals surface area (Å²) >= 11 is 0. The van der Waals surface area contributed by atoms with Crippen LogP contribution in [0, 0.1) is 28.6 Å². The van der Waals surface area contributed by atoms with Crippen LogP contribution in [-0.2, 0) is 4.79 Å². The third-order valence-electron chi connectivity index (χ3n) is 7.46. The minimum absolute atomic E-state index is 0.260. The van der Waals surface area contributed by atoms with Crippen molar-refractivity contribution in [3.63, 3.8) is 0 Å². The van der Waals surface area contributed by atoms with E-state index in [2.05, 4.69) is 25.7 Å². The third-order valence-corrected chi connectivity index (χ3v) is 7.46. The topological polar surface area (TPSA) is 46.3 Å². The molecule has 4 bridgehead atoms. The van der Waals surface area contributed by atoms with Crippen molar-refractivity contribution < 1.29 is 4.79 Å². The number of nitrogens with zero attached hydrogens (tertiary/aromatic N) is 1. The lowest BCUT2D eigenvalue weighted by Gasteiger charge is -2.45. The highest BCUT2D eigenvalue weighted by Gasteiger charge is 2.52. The van der Waals surface area contributed by atoms with Crippen LogP contribution in [0.15, 0.2) is 0 Å². The van der Waals surface area contributed by atoms with Gasteiger partial charge in [-0.25, -0.2) is 0 Å². The maximum atomic E-state index is 13.3. The molecule has 3 heteroatoms. The molecule has 0 aromatic heterocycles. The molecule has 3 aliphatic carbocycles. The summed E-state index contributed by atoms with van der Waals surface area (Å²) in [6.45, 7) is 8.17. The van der Waals surface area contributed by atoms with E-state index in [1.807, 2.05) is 0 Å². The van der Waals surface area contributed by atoms with Crippen molar-refractivity contribution in [2.24, 2.45) is 34.3 Å². The smallest absolute Gasteiger partial charge is 0.225 e. The van der Waals surface area contributed by atoms with Gasteiger partial charge < -0.3 is 10.6 Å². The van der Waals surface area contributed by atoms with Crippen molar-refractivity contribution in [1.82, 2.24) is 4.90 Å². The minimum atomic E-state index is 0.260. The maximum Gasteiger partial charge on any atom is 0.225 e. The van der Waals surface area contributed by atoms with Gasteiger partial charge in [0.05, 0.1) is 0 Å². The molecule has 4 rings (SSSR count). The lowest BCUT2D eigenvalue weighted by molar-refractivity contribution is -0.139. The molecule has 0 aromatic rings. The maximum absolute atomic E-state index is 13.3. The summed E-state index contributed by atoms with van der Waals surface area (Å²) in [7, 11) is 0. The minimum Gasteiger partial charge on any atom is -0.339 e. The van der Waals surface area contributed by atoms with Gasteiger partial charge in [0.25, 0.3) is 0 Å². The lowest BCUT2D eigenvalue weighted by atomic mass is 9.64. The SMILES string of the molecule is CC1(C)CC2CC(C)(CN2C(=O)C2CC3CCCC(C2)C3N)C1. The summed E-state index contributed by atoms with van der Waals surface area (Å²) < 4.78 is 0. The van der Waals surface area contributed by atoms with Crippen molar-refractivity contribution in [2.45, 2.75) is 84.2 Å². The normalized spacial score (nSPS) is 48.3. The van der Waals surface area contributed by atoms with Crippen LogP contribution in [-0.4, -0.2) is 29.4 Å². The van der Waals surface area contributed by atoms with Gasteiger partial charge >= 0.3 is 0 Å². The van der Waals surface area contributed by atoms with E-state index in [1.54, 1.807) is 0 Å². The first-order valence-corrected chi connectivity index (χ1v) is 9.82. The first-order valence-electron chi connectivity index (χ1n) is 9.82. The van der Waals surface area contributed by atoms with Crippen LogP contribution in [0.4, 0.5) is 0 Å². The molecular formula is C20H34N2O. The second-order valence-corrected chi connectivity index (χ2v) is 10.4. The van der Waals surface area contributed by atoms with Gasteiger partial charge in [-0.1, -0.05) is 27.2 Å². The molecule has 4 aliphatic rings. The third kappa shape index (κ3) is 2.73. The fourth-order valence-electron chi connectivity index (χ4n) is 6.94. The van der Waals surface area contributed by atoms with Gasteiger partial charge in [0.1, 0.15) is 0 Å². The van der Waals surface area contributed by atoms with Crippen molar-refractivity contribution in [3.8, 4) is 0 Å². The molecule has 130 valence electrons. The van der Waals surface area contributed by atoms with Gasteiger partial charge in [-0.15, -0.1) is 0 Å². The molecule has 1 heterocycles. The lowest BCUT2D eigenvalue weighted by Crippen LogP contribution is -2.50. The van der Waals surface area contributed by atoms with Crippen molar-refractivity contribution in [3.05, 3.63) is 0 Å². The number of hydrogen-bond donors (Lipinski definition) is 1. The Morgan fingerprint density at radius 3 is 2.39 bits per heavy atom. The predicted octanol–water partition coefficient (Wildman–Crippen LogP) is 3.57. The first kappa shape index (κ1) is 15.9. The zero-order valence-electron chi connectivity index (χ0n) is 15.2. The number of fused-ring (bicyclic) bond motifs is 4. The molecule has 23 heavy (non-hydrogen) atoms. The average Bonchev–Trinajstić information content (AvgIpc) is 2.67. The highest BCUT2D eigenvalue weighted by molar-refractivity contribution is 5.80. The summed E-state index contributed by atoms with van der Waals surface area (Å²) in [5.41, 5.74) is 7.15. The first-order chi connectivity index (χ1) is 10.8. The van der Waals surface area contributed by atoms with E-state index in [0.29, 0.717) is 40.7 Å². The summed E-state index contributed by atoms with van der Waals surface area (Å²) in [5.74, 6) is 1.94. The summed E-state index contributed by atoms with van der Waals surface area (Å²) in [6.07, 6.45) is 9.60. The largest absolute Gasteiger partial charge is 0.339 e. The molecule has 1 saturated heterocycles. The number of rotatable bonds is 1. The molecule has 4 atom stereocenters. The zero-order valence-corrected chi connectivity index (χ0v) is 15.2. The van der Waals surface area contributed by atoms with E-state index in [1.165, 1.54) is 38.5 Å². The number of carbonyl (C=O) groups is 1. The Morgan fingerprint density at radius 2 is 1.74 bits per heavy atom. The number of amides is 1. The summed E-state index contributed by atoms with van der Waals surface area (Å²) in [4.78, 5) is 15.6. The molecule has 0 spiro atoms. The summed E-state index contributed by atoms with van der Waals surface area (Å²) in [5, 5.41) is 0. The second-order valence-electron chi connectivity index (χ2n) is 10.4. The second kappa shape index (κ2) is 5.21. The van der Waals surface area contributed by atoms with Crippen LogP contribution in [0.2, 0.25) is 0 Å². The van der Waals surface area contributed by atoms with Gasteiger partial charge in [-0.05, 0) is 67.6 Å². The molecule has 3 nitrogen and oxygen atoms in total. The highest BCUT2D eigenvalue weighted by Crippen LogP contribution is 2.53. The quantitative estimate of drug-likeness (QED) is 0.803. The van der Waals surface area contributed by atoms with Gasteiger partial charge in [-0.2, -0.15) is 0 Å². The molecule has 4 unspecified atom stereocenters. The molecule has 4 fully saturated rings. The highest BCUT2D eigenvalue weighted by atomic mass is 16.2. The van der Waals surface area contributed by atoms with E-state index >= 15 is 0 Å². The average molecular weight is 319 g/mol. The van der Waals surface area contributed by atoms with Crippen LogP contribution in [0.25, 0.3) is 0 Å². The Labute approximate surface area is 141 Å². The molecule has 2 N–H and O–H groups in total. The Morgan fingerprint density at radius 1 is 1.09 bits per heavy atom. The van der Waals surface area contributed by atoms with E-state index in [0.717, 1.165) is 19.4 Å². The van der Waals surface area contributed by atoms with Crippen molar-refractivity contribution in [1.29, 1.82) is 0 Å². The zero-order chi connectivity index (χ0) is 16.4. The Bertz CT molecular complexity index is 488. The molecule has 1 aliphatic heterocycles. The standard InChI is InChI=1S/C20H34N2O/c1-19(2)9-16-10-20(3,11-19)12-22(16)18(23)15-7-13-5-4-6-14(8-15)17(13)21/h13-17H,4-12,21H2,1-3H3. The van der Waals surface area contributed by atoms with Crippen molar-refractivity contribution >= 4 is 5.91 Å². The molecule has 1 amide bonds. The molecule has 3 saturated carbocycles. The number of likely N-dealkylation sites (tertiary alicyclic amines) is 1. The van der Waals surface area contributed by atoms with Crippen LogP contribution in [0.5, 0.6) is 0 Å². The Kier molecular flexibility index (Phi) is 3.61. The monoisotopic (exact) mass is 318 g/mol. The van der Waals surface area contributed by atoms with Crippen LogP contribution >= 0.6 is 0 Å². The van der Waals surface area contributed by atoms with Gasteiger partial charge in [-0.3, -0.25) is 4.79 Å². The Balaban J connectivity index is 1.50. The predicted molar refractivity (Wildman–Crippen MR) is 92.8 cm³/mol. The van der Waals surface area contributed by atoms with E-state index in [9.17, 15) is 4.79 Å². The van der Waals surface area contributed by atoms with Gasteiger partial charge in [0, 0.05) is 24.5 Å². The molecule has 0 radical (unpaired) electrons. The summed E-state index contributed by atoms with van der Waals surface area (Å²) in [6, 6.07) is 0.855. The fraction of sp³-hybridized carbons (Fsp3) is 0.950. The van der Waals surface area contributed by atoms with Crippen LogP contribution in [0.3, 0.4) is 0 Å². The molecule has 0 aromatic carbocycles. The van der Waals surface area contributed by atoms with Crippen LogP contribution in [0.1, 0.15) is 72.1 Å². The fourth-order valence-corrected chi connectivity index (χ4v) is 6.94. The number of nitrogens with two attached hydrogens (primary N) is 1. The Hall–Kier alpha value is -0.570. The number of carbonyl (C=O) groups excluding carboxylic acids is 1. The number of hydrogen-bond acceptors (Lipinski definition) is 2. The van der Waals surface area contributed by atoms with Crippen LogP contribution < -0.4 is 5.73 Å². The van der Waals surface area contributed by atoms with E-state index in [-0.39, 0.29) is 5.92 Å². The van der Waals surface area contributed by atoms with E-state index < -0.39 is 0 Å². The van der Waals surface area contributed by atoms with Gasteiger partial charge in [0.15, 0.2) is 0 Å². The van der Waals surface area contributed by atoms with E-state index in [4.69, 9.17) is 5.73 Å².